The molecule has 5 nitrogen and oxygen atoms in total. The first-order chi connectivity index (χ1) is 7.49. The van der Waals surface area contributed by atoms with Gasteiger partial charge in [-0.3, -0.25) is 0 Å². The van der Waals surface area contributed by atoms with Gasteiger partial charge in [0.05, 0.1) is 11.8 Å². The average molecular weight is 243 g/mol. The molecule has 0 aromatic heterocycles. The van der Waals surface area contributed by atoms with Crippen LogP contribution in [-0.2, 0) is 14.8 Å². The topological polar surface area (TPSA) is 72.5 Å². The van der Waals surface area contributed by atoms with Gasteiger partial charge in [0.1, 0.15) is 6.61 Å². The quantitative estimate of drug-likeness (QED) is 0.600. The van der Waals surface area contributed by atoms with Gasteiger partial charge in [-0.15, -0.1) is 0 Å². The first-order valence-corrected chi connectivity index (χ1v) is 6.55. The smallest absolute Gasteiger partial charge is 0.338 e. The van der Waals surface area contributed by atoms with E-state index in [1.54, 1.807) is 30.3 Å². The van der Waals surface area contributed by atoms with Gasteiger partial charge >= 0.3 is 5.97 Å². The number of hydrogen-bond donors (Lipinski definition) is 1. The van der Waals surface area contributed by atoms with E-state index in [1.807, 2.05) is 0 Å². The summed E-state index contributed by atoms with van der Waals surface area (Å²) >= 11 is 0. The summed E-state index contributed by atoms with van der Waals surface area (Å²) in [5.41, 5.74) is 0.446. The molecule has 0 bridgehead atoms. The number of carbonyl (C=O) groups is 1. The molecular weight excluding hydrogens is 230 g/mol. The highest BCUT2D eigenvalue weighted by atomic mass is 32.2. The third-order valence-electron chi connectivity index (χ3n) is 1.71. The number of sulfonamides is 1. The molecule has 0 heterocycles. The fourth-order valence-corrected chi connectivity index (χ4v) is 1.48. The Morgan fingerprint density at radius 2 is 1.94 bits per heavy atom. The van der Waals surface area contributed by atoms with Gasteiger partial charge < -0.3 is 4.74 Å². The SMILES string of the molecule is CS(=O)(=O)NCCOC(=O)c1ccccc1. The minimum atomic E-state index is -3.23. The molecule has 16 heavy (non-hydrogen) atoms. The van der Waals surface area contributed by atoms with Crippen molar-refractivity contribution in [3.63, 3.8) is 0 Å². The highest BCUT2D eigenvalue weighted by Crippen LogP contribution is 2.00. The summed E-state index contributed by atoms with van der Waals surface area (Å²) in [6.07, 6.45) is 1.05. The summed E-state index contributed by atoms with van der Waals surface area (Å²) in [5.74, 6) is -0.462. The number of nitrogens with one attached hydrogen (secondary N) is 1. The van der Waals surface area contributed by atoms with Crippen molar-refractivity contribution in [3.05, 3.63) is 35.9 Å². The van der Waals surface area contributed by atoms with Crippen LogP contribution in [0.2, 0.25) is 0 Å². The lowest BCUT2D eigenvalue weighted by Crippen LogP contribution is -2.26. The van der Waals surface area contributed by atoms with Crippen molar-refractivity contribution in [2.45, 2.75) is 0 Å². The Bertz CT molecular complexity index is 441. The Kier molecular flexibility index (Phi) is 4.45. The Morgan fingerprint density at radius 1 is 1.31 bits per heavy atom. The molecule has 0 atom stereocenters. The highest BCUT2D eigenvalue weighted by Gasteiger charge is 2.06. The lowest BCUT2D eigenvalue weighted by molar-refractivity contribution is 0.0513. The minimum Gasteiger partial charge on any atom is -0.461 e. The number of benzene rings is 1. The number of rotatable bonds is 5. The van der Waals surface area contributed by atoms with Crippen LogP contribution in [0.25, 0.3) is 0 Å². The lowest BCUT2D eigenvalue weighted by atomic mass is 10.2. The molecule has 88 valence electrons. The summed E-state index contributed by atoms with van der Waals surface area (Å²) in [5, 5.41) is 0. The Morgan fingerprint density at radius 3 is 2.50 bits per heavy atom. The van der Waals surface area contributed by atoms with E-state index in [0.29, 0.717) is 5.56 Å². The Hall–Kier alpha value is -1.40. The maximum absolute atomic E-state index is 11.4. The van der Waals surface area contributed by atoms with Crippen molar-refractivity contribution < 1.29 is 17.9 Å². The van der Waals surface area contributed by atoms with Crippen LogP contribution in [0.5, 0.6) is 0 Å². The Labute approximate surface area is 94.5 Å². The molecule has 1 aromatic rings. The van der Waals surface area contributed by atoms with Gasteiger partial charge in [0, 0.05) is 6.54 Å². The predicted molar refractivity (Wildman–Crippen MR) is 59.6 cm³/mol. The third kappa shape index (κ3) is 4.90. The lowest BCUT2D eigenvalue weighted by Gasteiger charge is -2.04. The molecule has 1 rings (SSSR count). The zero-order chi connectivity index (χ0) is 12.0. The maximum atomic E-state index is 11.4. The van der Waals surface area contributed by atoms with Crippen LogP contribution in [0.15, 0.2) is 30.3 Å². The largest absolute Gasteiger partial charge is 0.461 e. The zero-order valence-electron chi connectivity index (χ0n) is 8.84. The van der Waals surface area contributed by atoms with E-state index >= 15 is 0 Å². The number of esters is 1. The minimum absolute atomic E-state index is 0.0147. The van der Waals surface area contributed by atoms with Gasteiger partial charge in [-0.1, -0.05) is 18.2 Å². The highest BCUT2D eigenvalue weighted by molar-refractivity contribution is 7.88. The van der Waals surface area contributed by atoms with Gasteiger partial charge in [-0.2, -0.15) is 0 Å². The van der Waals surface area contributed by atoms with E-state index in [0.717, 1.165) is 6.26 Å². The first kappa shape index (κ1) is 12.7. The van der Waals surface area contributed by atoms with E-state index in [2.05, 4.69) is 4.72 Å². The summed E-state index contributed by atoms with van der Waals surface area (Å²) in [7, 11) is -3.23. The molecule has 0 aliphatic carbocycles. The molecule has 0 spiro atoms. The van der Waals surface area contributed by atoms with E-state index in [-0.39, 0.29) is 13.2 Å². The van der Waals surface area contributed by atoms with Crippen LogP contribution in [0.1, 0.15) is 10.4 Å². The van der Waals surface area contributed by atoms with E-state index in [9.17, 15) is 13.2 Å². The van der Waals surface area contributed by atoms with Crippen molar-refractivity contribution in [1.82, 2.24) is 4.72 Å². The third-order valence-corrected chi connectivity index (χ3v) is 2.44. The van der Waals surface area contributed by atoms with E-state index in [4.69, 9.17) is 4.74 Å². The van der Waals surface area contributed by atoms with Crippen LogP contribution in [-0.4, -0.2) is 33.8 Å². The van der Waals surface area contributed by atoms with Gasteiger partial charge in [0.25, 0.3) is 0 Å². The van der Waals surface area contributed by atoms with Crippen LogP contribution in [0, 0.1) is 0 Å². The van der Waals surface area contributed by atoms with Crippen LogP contribution >= 0.6 is 0 Å². The Balaban J connectivity index is 2.32. The first-order valence-electron chi connectivity index (χ1n) is 4.66. The maximum Gasteiger partial charge on any atom is 0.338 e. The standard InChI is InChI=1S/C10H13NO4S/c1-16(13,14)11-7-8-15-10(12)9-5-3-2-4-6-9/h2-6,11H,7-8H2,1H3. The molecule has 0 saturated heterocycles. The second-order valence-electron chi connectivity index (χ2n) is 3.17. The second-order valence-corrected chi connectivity index (χ2v) is 5.00. The van der Waals surface area contributed by atoms with Gasteiger partial charge in [0.15, 0.2) is 0 Å². The number of hydrogen-bond acceptors (Lipinski definition) is 4. The monoisotopic (exact) mass is 243 g/mol. The van der Waals surface area contributed by atoms with Crippen molar-refractivity contribution in [2.75, 3.05) is 19.4 Å². The van der Waals surface area contributed by atoms with Crippen molar-refractivity contribution in [3.8, 4) is 0 Å². The zero-order valence-corrected chi connectivity index (χ0v) is 9.66. The molecule has 0 aliphatic rings. The number of ether oxygens (including phenoxy) is 1. The molecule has 1 N–H and O–H groups in total. The molecule has 0 fully saturated rings. The predicted octanol–water partition coefficient (Wildman–Crippen LogP) is 0.393. The van der Waals surface area contributed by atoms with E-state index in [1.165, 1.54) is 0 Å². The summed E-state index contributed by atoms with van der Waals surface area (Å²) < 4.78 is 28.5. The molecule has 0 amide bonds. The van der Waals surface area contributed by atoms with Gasteiger partial charge in [-0.05, 0) is 12.1 Å². The van der Waals surface area contributed by atoms with Crippen LogP contribution in [0.4, 0.5) is 0 Å². The van der Waals surface area contributed by atoms with Crippen LogP contribution < -0.4 is 4.72 Å². The van der Waals surface area contributed by atoms with Gasteiger partial charge in [0.2, 0.25) is 10.0 Å². The molecule has 0 unspecified atom stereocenters. The molecule has 0 saturated carbocycles. The van der Waals surface area contributed by atoms with Crippen molar-refractivity contribution in [2.24, 2.45) is 0 Å². The normalized spacial score (nSPS) is 11.1. The number of carbonyl (C=O) groups excluding carboxylic acids is 1. The van der Waals surface area contributed by atoms with E-state index < -0.39 is 16.0 Å². The molecule has 0 aliphatic heterocycles. The second kappa shape index (κ2) is 5.62. The van der Waals surface area contributed by atoms with Crippen molar-refractivity contribution >= 4 is 16.0 Å². The fraction of sp³-hybridized carbons (Fsp3) is 0.300. The summed E-state index contributed by atoms with van der Waals surface area (Å²) in [6, 6.07) is 8.51. The molecule has 0 radical (unpaired) electrons. The molecule has 6 heteroatoms. The molecule has 1 aromatic carbocycles. The van der Waals surface area contributed by atoms with Crippen LogP contribution in [0.3, 0.4) is 0 Å². The van der Waals surface area contributed by atoms with Gasteiger partial charge in [-0.25, -0.2) is 17.9 Å². The summed E-state index contributed by atoms with van der Waals surface area (Å²) in [4.78, 5) is 11.4. The summed E-state index contributed by atoms with van der Waals surface area (Å²) in [6.45, 7) is 0.0954. The van der Waals surface area contributed by atoms with Crippen molar-refractivity contribution in [1.29, 1.82) is 0 Å². The average Bonchev–Trinajstić information content (AvgIpc) is 2.24. The fourth-order valence-electron chi connectivity index (χ4n) is 1.03. The molecular formula is C10H13NO4S.